The van der Waals surface area contributed by atoms with Crippen molar-refractivity contribution in [3.63, 3.8) is 0 Å². The van der Waals surface area contributed by atoms with E-state index in [1.807, 2.05) is 47.2 Å². The summed E-state index contributed by atoms with van der Waals surface area (Å²) in [6.07, 6.45) is -0.766. The van der Waals surface area contributed by atoms with E-state index in [0.29, 0.717) is 12.4 Å². The Bertz CT molecular complexity index is 963. The van der Waals surface area contributed by atoms with Crippen LogP contribution in [-0.4, -0.2) is 129 Å². The quantitative estimate of drug-likeness (QED) is 0.560. The first-order chi connectivity index (χ1) is 17.1. The highest BCUT2D eigenvalue weighted by atomic mass is 16.5. The molecule has 0 bridgehead atoms. The van der Waals surface area contributed by atoms with Gasteiger partial charge in [-0.2, -0.15) is 0 Å². The molecule has 0 saturated carbocycles. The van der Waals surface area contributed by atoms with Crippen molar-refractivity contribution in [1.29, 1.82) is 0 Å². The highest BCUT2D eigenvalue weighted by Crippen LogP contribution is 2.42. The van der Waals surface area contributed by atoms with E-state index in [4.69, 9.17) is 14.7 Å². The lowest BCUT2D eigenvalue weighted by molar-refractivity contribution is 0.0398. The molecule has 2 aromatic rings. The molecule has 0 radical (unpaired) electrons. The minimum Gasteiger partial charge on any atom is -0.379 e. The Kier molecular flexibility index (Phi) is 7.64. The number of benzene rings is 1. The molecule has 0 amide bonds. The van der Waals surface area contributed by atoms with Gasteiger partial charge in [0.1, 0.15) is 5.69 Å². The van der Waals surface area contributed by atoms with Crippen LogP contribution >= 0.6 is 0 Å². The third kappa shape index (κ3) is 5.52. The molecule has 1 aromatic heterocycles. The lowest BCUT2D eigenvalue weighted by atomic mass is 10.2. The van der Waals surface area contributed by atoms with E-state index in [-0.39, 0.29) is 0 Å². The number of fused-ring (bicyclic) bond motifs is 1. The van der Waals surface area contributed by atoms with Crippen molar-refractivity contribution in [2.24, 2.45) is 0 Å². The molecular weight excluding hydrogens is 444 g/mol. The number of likely N-dealkylation sites (N-methyl/N-ethyl adjacent to an activating group) is 1. The largest absolute Gasteiger partial charge is 0.379 e. The zero-order valence-electron chi connectivity index (χ0n) is 20.9. The number of nitrogens with one attached hydrogen (secondary N) is 1. The Labute approximate surface area is 208 Å². The lowest BCUT2D eigenvalue weighted by Gasteiger charge is -2.34. The average molecular weight is 483 g/mol. The number of ether oxygens (including phenoxy) is 1. The van der Waals surface area contributed by atoms with E-state index in [1.54, 1.807) is 0 Å². The van der Waals surface area contributed by atoms with E-state index >= 15 is 0 Å². The van der Waals surface area contributed by atoms with Crippen LogP contribution in [0, 0.1) is 0 Å². The summed E-state index contributed by atoms with van der Waals surface area (Å²) in [6.45, 7) is 11.0. The van der Waals surface area contributed by atoms with Crippen LogP contribution in [0.5, 0.6) is 0 Å². The van der Waals surface area contributed by atoms with Gasteiger partial charge in [-0.3, -0.25) is 9.80 Å². The zero-order chi connectivity index (χ0) is 24.2. The molecule has 1 atom stereocenters. The van der Waals surface area contributed by atoms with E-state index in [0.717, 1.165) is 95.0 Å². The number of aromatic nitrogens is 2. The molecule has 1 unspecified atom stereocenters. The van der Waals surface area contributed by atoms with Gasteiger partial charge in [0.05, 0.1) is 13.2 Å². The van der Waals surface area contributed by atoms with Crippen molar-refractivity contribution in [2.75, 3.05) is 108 Å². The van der Waals surface area contributed by atoms with Crippen molar-refractivity contribution in [2.45, 2.75) is 6.35 Å². The van der Waals surface area contributed by atoms with Gasteiger partial charge < -0.3 is 29.9 Å². The van der Waals surface area contributed by atoms with Gasteiger partial charge in [0.25, 0.3) is 0 Å². The smallest absolute Gasteiger partial charge is 0.209 e. The normalized spacial score (nSPS) is 22.0. The van der Waals surface area contributed by atoms with Gasteiger partial charge in [-0.15, -0.1) is 0 Å². The Morgan fingerprint density at radius 2 is 1.63 bits per heavy atom. The molecule has 0 spiro atoms. The standard InChI is InChI=1S/C25H38N8O2/c1-29-10-12-32(13-11-29)14-15-33-24-21(30(2)25(33)34)23(26-8-9-31-16-18-35-19-17-31)27-22(28-24)20-6-4-3-5-7-20/h3-7,25,34H,8-19H2,1-2H3,(H,26,27,28). The molecule has 5 rings (SSSR count). The van der Waals surface area contributed by atoms with Crippen LogP contribution in [0.15, 0.2) is 30.3 Å². The van der Waals surface area contributed by atoms with Crippen molar-refractivity contribution >= 4 is 17.3 Å². The first-order valence-corrected chi connectivity index (χ1v) is 12.7. The van der Waals surface area contributed by atoms with Gasteiger partial charge in [0, 0.05) is 78.1 Å². The van der Waals surface area contributed by atoms with Crippen LogP contribution in [0.4, 0.5) is 17.3 Å². The molecule has 3 aliphatic heterocycles. The third-order valence-corrected chi connectivity index (χ3v) is 7.22. The second-order valence-electron chi connectivity index (χ2n) is 9.61. The number of anilines is 3. The predicted molar refractivity (Wildman–Crippen MR) is 139 cm³/mol. The molecule has 2 N–H and O–H groups in total. The third-order valence-electron chi connectivity index (χ3n) is 7.22. The Morgan fingerprint density at radius 3 is 2.37 bits per heavy atom. The molecule has 10 heteroatoms. The summed E-state index contributed by atoms with van der Waals surface area (Å²) >= 11 is 0. The van der Waals surface area contributed by atoms with Crippen LogP contribution < -0.4 is 15.1 Å². The second-order valence-corrected chi connectivity index (χ2v) is 9.61. The van der Waals surface area contributed by atoms with E-state index in [1.165, 1.54) is 0 Å². The fourth-order valence-electron chi connectivity index (χ4n) is 4.94. The molecule has 190 valence electrons. The number of aliphatic hydroxyl groups excluding tert-OH is 1. The first kappa shape index (κ1) is 24.2. The highest BCUT2D eigenvalue weighted by Gasteiger charge is 2.37. The van der Waals surface area contributed by atoms with Crippen molar-refractivity contribution in [1.82, 2.24) is 24.7 Å². The van der Waals surface area contributed by atoms with Crippen LogP contribution in [0.3, 0.4) is 0 Å². The number of hydrogen-bond acceptors (Lipinski definition) is 10. The fourth-order valence-corrected chi connectivity index (χ4v) is 4.94. The van der Waals surface area contributed by atoms with Gasteiger partial charge in [-0.25, -0.2) is 9.97 Å². The first-order valence-electron chi connectivity index (χ1n) is 12.7. The minimum absolute atomic E-state index is 0.672. The van der Waals surface area contributed by atoms with Crippen LogP contribution in [0.2, 0.25) is 0 Å². The summed E-state index contributed by atoms with van der Waals surface area (Å²) in [4.78, 5) is 21.0. The molecule has 2 fully saturated rings. The molecule has 4 heterocycles. The van der Waals surface area contributed by atoms with Gasteiger partial charge in [-0.05, 0) is 7.05 Å². The number of morpholine rings is 1. The van der Waals surface area contributed by atoms with E-state index in [9.17, 15) is 5.11 Å². The van der Waals surface area contributed by atoms with Gasteiger partial charge in [-0.1, -0.05) is 30.3 Å². The Hall–Kier alpha value is -2.50. The van der Waals surface area contributed by atoms with Crippen LogP contribution in [0.1, 0.15) is 0 Å². The maximum Gasteiger partial charge on any atom is 0.209 e. The summed E-state index contributed by atoms with van der Waals surface area (Å²) in [5.74, 6) is 2.23. The van der Waals surface area contributed by atoms with Crippen molar-refractivity contribution in [3.8, 4) is 11.4 Å². The molecule has 10 nitrogen and oxygen atoms in total. The molecule has 0 aliphatic carbocycles. The average Bonchev–Trinajstić information content (AvgIpc) is 3.14. The zero-order valence-corrected chi connectivity index (χ0v) is 20.9. The topological polar surface area (TPSA) is 83.5 Å². The van der Waals surface area contributed by atoms with E-state index < -0.39 is 6.35 Å². The van der Waals surface area contributed by atoms with Gasteiger partial charge >= 0.3 is 0 Å². The summed E-state index contributed by atoms with van der Waals surface area (Å²) in [5.41, 5.74) is 1.83. The molecule has 35 heavy (non-hydrogen) atoms. The molecule has 3 aliphatic rings. The predicted octanol–water partition coefficient (Wildman–Crippen LogP) is 0.667. The van der Waals surface area contributed by atoms with Gasteiger partial charge in [0.15, 0.2) is 17.5 Å². The maximum absolute atomic E-state index is 11.2. The summed E-state index contributed by atoms with van der Waals surface area (Å²) in [5, 5.41) is 14.7. The molecular formula is C25H38N8O2. The number of aliphatic hydroxyl groups is 1. The Morgan fingerprint density at radius 1 is 0.914 bits per heavy atom. The fraction of sp³-hybridized carbons (Fsp3) is 0.600. The number of piperazine rings is 1. The minimum atomic E-state index is -0.766. The summed E-state index contributed by atoms with van der Waals surface area (Å²) < 4.78 is 5.47. The van der Waals surface area contributed by atoms with Gasteiger partial charge in [0.2, 0.25) is 6.35 Å². The summed E-state index contributed by atoms with van der Waals surface area (Å²) in [7, 11) is 4.08. The highest BCUT2D eigenvalue weighted by molar-refractivity contribution is 5.85. The lowest BCUT2D eigenvalue weighted by Crippen LogP contribution is -2.49. The monoisotopic (exact) mass is 482 g/mol. The van der Waals surface area contributed by atoms with Crippen molar-refractivity contribution in [3.05, 3.63) is 30.3 Å². The number of rotatable bonds is 8. The Balaban J connectivity index is 1.38. The van der Waals surface area contributed by atoms with E-state index in [2.05, 4.69) is 27.1 Å². The molecule has 2 saturated heterocycles. The number of nitrogens with zero attached hydrogens (tertiary/aromatic N) is 7. The van der Waals surface area contributed by atoms with Crippen molar-refractivity contribution < 1.29 is 9.84 Å². The second kappa shape index (κ2) is 11.0. The SMILES string of the molecule is CN1CCN(CCN2c3nc(-c4ccccc4)nc(NCCN4CCOCC4)c3N(C)C2O)CC1. The maximum atomic E-state index is 11.2. The summed E-state index contributed by atoms with van der Waals surface area (Å²) in [6, 6.07) is 10.1. The van der Waals surface area contributed by atoms with Crippen LogP contribution in [0.25, 0.3) is 11.4 Å². The van der Waals surface area contributed by atoms with Crippen LogP contribution in [-0.2, 0) is 4.74 Å². The molecule has 1 aromatic carbocycles. The number of hydrogen-bond donors (Lipinski definition) is 2.